The largest absolute Gasteiger partial charge is 0.325 e. The maximum atomic E-state index is 11.8. The van der Waals surface area contributed by atoms with Gasteiger partial charge in [0.2, 0.25) is 0 Å². The zero-order chi connectivity index (χ0) is 13.1. The predicted molar refractivity (Wildman–Crippen MR) is 67.1 cm³/mol. The molecule has 1 heterocycles. The Balaban J connectivity index is 2.27. The third-order valence-corrected chi connectivity index (χ3v) is 2.38. The van der Waals surface area contributed by atoms with Crippen LogP contribution in [0, 0.1) is 0 Å². The number of nitrogens with one attached hydrogen (secondary N) is 3. The number of H-pyrrole nitrogens is 2. The Morgan fingerprint density at radius 3 is 2.72 bits per heavy atom. The number of anilines is 1. The third kappa shape index (κ3) is 2.67. The van der Waals surface area contributed by atoms with Crippen molar-refractivity contribution in [2.75, 3.05) is 5.32 Å². The maximum absolute atomic E-state index is 11.8. The second-order valence-electron chi connectivity index (χ2n) is 3.45. The molecule has 0 spiro atoms. The fraction of sp³-hybridized carbons (Fsp3) is 0. The lowest BCUT2D eigenvalue weighted by Crippen LogP contribution is -2.29. The minimum absolute atomic E-state index is 0.186. The van der Waals surface area contributed by atoms with E-state index in [1.54, 1.807) is 24.3 Å². The summed E-state index contributed by atoms with van der Waals surface area (Å²) < 4.78 is 0. The molecule has 0 aliphatic carbocycles. The van der Waals surface area contributed by atoms with E-state index in [0.717, 1.165) is 6.20 Å². The van der Waals surface area contributed by atoms with Gasteiger partial charge in [-0.1, -0.05) is 17.7 Å². The average Bonchev–Trinajstić information content (AvgIpc) is 2.28. The molecule has 1 aromatic carbocycles. The van der Waals surface area contributed by atoms with E-state index in [4.69, 9.17) is 11.6 Å². The van der Waals surface area contributed by atoms with Crippen molar-refractivity contribution in [2.24, 2.45) is 0 Å². The SMILES string of the molecule is O=C(Nc1cccc(Cl)c1)c1c[nH]c(=O)[nH]c1=O. The number of benzene rings is 1. The molecule has 1 aromatic heterocycles. The van der Waals surface area contributed by atoms with Gasteiger partial charge in [0.15, 0.2) is 0 Å². The smallest absolute Gasteiger partial charge is 0.322 e. The minimum Gasteiger partial charge on any atom is -0.322 e. The van der Waals surface area contributed by atoms with Crippen LogP contribution in [0.4, 0.5) is 5.69 Å². The normalized spacial score (nSPS) is 10.1. The fourth-order valence-electron chi connectivity index (χ4n) is 1.34. The molecule has 0 aliphatic rings. The van der Waals surface area contributed by atoms with Gasteiger partial charge < -0.3 is 10.3 Å². The Bertz CT molecular complexity index is 705. The molecule has 0 aliphatic heterocycles. The fourth-order valence-corrected chi connectivity index (χ4v) is 1.53. The van der Waals surface area contributed by atoms with Crippen molar-refractivity contribution >= 4 is 23.2 Å². The number of halogens is 1. The van der Waals surface area contributed by atoms with Gasteiger partial charge in [-0.2, -0.15) is 0 Å². The lowest BCUT2D eigenvalue weighted by Gasteiger charge is -2.04. The van der Waals surface area contributed by atoms with Gasteiger partial charge in [0, 0.05) is 16.9 Å². The average molecular weight is 266 g/mol. The molecule has 0 radical (unpaired) electrons. The van der Waals surface area contributed by atoms with Crippen LogP contribution < -0.4 is 16.6 Å². The van der Waals surface area contributed by atoms with Crippen LogP contribution in [0.25, 0.3) is 0 Å². The second kappa shape index (κ2) is 4.89. The summed E-state index contributed by atoms with van der Waals surface area (Å²) in [6, 6.07) is 6.49. The molecule has 7 heteroatoms. The highest BCUT2D eigenvalue weighted by atomic mass is 35.5. The molecule has 92 valence electrons. The van der Waals surface area contributed by atoms with Crippen LogP contribution in [-0.2, 0) is 0 Å². The second-order valence-corrected chi connectivity index (χ2v) is 3.89. The monoisotopic (exact) mass is 265 g/mol. The first kappa shape index (κ1) is 12.1. The van der Waals surface area contributed by atoms with Gasteiger partial charge in [0.25, 0.3) is 11.5 Å². The molecule has 18 heavy (non-hydrogen) atoms. The van der Waals surface area contributed by atoms with Crippen molar-refractivity contribution in [3.8, 4) is 0 Å². The first-order valence-corrected chi connectivity index (χ1v) is 5.33. The predicted octanol–water partition coefficient (Wildman–Crippen LogP) is 0.969. The Labute approximate surface area is 106 Å². The van der Waals surface area contributed by atoms with E-state index >= 15 is 0 Å². The van der Waals surface area contributed by atoms with Gasteiger partial charge >= 0.3 is 5.69 Å². The molecule has 1 amide bonds. The Kier molecular flexibility index (Phi) is 3.29. The Hall–Kier alpha value is -2.34. The van der Waals surface area contributed by atoms with Gasteiger partial charge in [0.1, 0.15) is 5.56 Å². The zero-order valence-electron chi connectivity index (χ0n) is 8.99. The first-order valence-electron chi connectivity index (χ1n) is 4.95. The van der Waals surface area contributed by atoms with E-state index in [9.17, 15) is 14.4 Å². The summed E-state index contributed by atoms with van der Waals surface area (Å²) in [5.74, 6) is -0.630. The van der Waals surface area contributed by atoms with Gasteiger partial charge in [-0.3, -0.25) is 14.6 Å². The Morgan fingerprint density at radius 2 is 2.06 bits per heavy atom. The van der Waals surface area contributed by atoms with Crippen molar-refractivity contribution in [3.05, 3.63) is 61.9 Å². The summed E-state index contributed by atoms with van der Waals surface area (Å²) in [5.41, 5.74) is -1.15. The van der Waals surface area contributed by atoms with Gasteiger partial charge in [-0.15, -0.1) is 0 Å². The molecule has 2 aromatic rings. The van der Waals surface area contributed by atoms with E-state index in [0.29, 0.717) is 10.7 Å². The van der Waals surface area contributed by atoms with Crippen molar-refractivity contribution in [3.63, 3.8) is 0 Å². The number of hydrogen-bond acceptors (Lipinski definition) is 3. The maximum Gasteiger partial charge on any atom is 0.325 e. The summed E-state index contributed by atoms with van der Waals surface area (Å²) >= 11 is 5.76. The van der Waals surface area contributed by atoms with Crippen molar-refractivity contribution < 1.29 is 4.79 Å². The molecule has 0 fully saturated rings. The molecular weight excluding hydrogens is 258 g/mol. The van der Waals surface area contributed by atoms with Crippen LogP contribution in [0.1, 0.15) is 10.4 Å². The number of hydrogen-bond donors (Lipinski definition) is 3. The standard InChI is InChI=1S/C11H8ClN3O3/c12-6-2-1-3-7(4-6)14-9(16)8-5-13-11(18)15-10(8)17/h1-5H,(H,14,16)(H2,13,15,17,18). The molecule has 3 N–H and O–H groups in total. The molecule has 0 unspecified atom stereocenters. The summed E-state index contributed by atoms with van der Waals surface area (Å²) in [6.07, 6.45) is 1.06. The summed E-state index contributed by atoms with van der Waals surface area (Å²) in [5, 5.41) is 2.96. The van der Waals surface area contributed by atoms with Gasteiger partial charge in [-0.25, -0.2) is 4.79 Å². The third-order valence-electron chi connectivity index (χ3n) is 2.15. The highest BCUT2D eigenvalue weighted by Crippen LogP contribution is 2.15. The van der Waals surface area contributed by atoms with Gasteiger partial charge in [0.05, 0.1) is 0 Å². The quantitative estimate of drug-likeness (QED) is 0.755. The van der Waals surface area contributed by atoms with E-state index in [1.165, 1.54) is 0 Å². The molecule has 6 nitrogen and oxygen atoms in total. The molecule has 0 saturated heterocycles. The number of aromatic nitrogens is 2. The summed E-state index contributed by atoms with van der Waals surface area (Å²) in [7, 11) is 0. The van der Waals surface area contributed by atoms with E-state index in [2.05, 4.69) is 10.3 Å². The first-order chi connectivity index (χ1) is 8.56. The molecule has 0 saturated carbocycles. The summed E-state index contributed by atoms with van der Waals surface area (Å²) in [4.78, 5) is 38.1. The van der Waals surface area contributed by atoms with E-state index < -0.39 is 17.2 Å². The van der Waals surface area contributed by atoms with Crippen molar-refractivity contribution in [1.29, 1.82) is 0 Å². The number of amides is 1. The lowest BCUT2D eigenvalue weighted by atomic mass is 10.2. The number of carbonyl (C=O) groups is 1. The van der Waals surface area contributed by atoms with Crippen molar-refractivity contribution in [2.45, 2.75) is 0 Å². The van der Waals surface area contributed by atoms with Gasteiger partial charge in [-0.05, 0) is 18.2 Å². The topological polar surface area (TPSA) is 94.8 Å². The number of rotatable bonds is 2. The van der Waals surface area contributed by atoms with Crippen LogP contribution in [0.3, 0.4) is 0 Å². The molecule has 0 bridgehead atoms. The molecule has 0 atom stereocenters. The Morgan fingerprint density at radius 1 is 1.28 bits per heavy atom. The lowest BCUT2D eigenvalue weighted by molar-refractivity contribution is 0.102. The van der Waals surface area contributed by atoms with Crippen LogP contribution in [0.2, 0.25) is 5.02 Å². The number of aromatic amines is 2. The van der Waals surface area contributed by atoms with Crippen LogP contribution in [-0.4, -0.2) is 15.9 Å². The number of carbonyl (C=O) groups excluding carboxylic acids is 1. The molecular formula is C11H8ClN3O3. The molecule has 2 rings (SSSR count). The highest BCUT2D eigenvalue weighted by molar-refractivity contribution is 6.30. The van der Waals surface area contributed by atoms with Crippen LogP contribution in [0.15, 0.2) is 40.1 Å². The van der Waals surface area contributed by atoms with Crippen LogP contribution >= 0.6 is 11.6 Å². The van der Waals surface area contributed by atoms with E-state index in [-0.39, 0.29) is 5.56 Å². The summed E-state index contributed by atoms with van der Waals surface area (Å²) in [6.45, 7) is 0. The highest BCUT2D eigenvalue weighted by Gasteiger charge is 2.11. The van der Waals surface area contributed by atoms with E-state index in [1.807, 2.05) is 4.98 Å². The van der Waals surface area contributed by atoms with Crippen molar-refractivity contribution in [1.82, 2.24) is 9.97 Å². The van der Waals surface area contributed by atoms with Crippen LogP contribution in [0.5, 0.6) is 0 Å². The minimum atomic E-state index is -0.752. The zero-order valence-corrected chi connectivity index (χ0v) is 9.75.